The van der Waals surface area contributed by atoms with Crippen LogP contribution in [-0.2, 0) is 30.2 Å². The minimum atomic E-state index is -0.645. The summed E-state index contributed by atoms with van der Waals surface area (Å²) in [6.45, 7) is 1.70. The molecule has 6 atom stereocenters. The summed E-state index contributed by atoms with van der Waals surface area (Å²) in [6, 6.07) is 9.78. The van der Waals surface area contributed by atoms with Crippen LogP contribution >= 0.6 is 0 Å². The van der Waals surface area contributed by atoms with Crippen LogP contribution in [0.15, 0.2) is 36.4 Å². The number of H-pyrrole nitrogens is 1. The first kappa shape index (κ1) is 31.7. The number of hydrogen-bond acceptors (Lipinski definition) is 10. The Bertz CT molecular complexity index is 1610. The lowest BCUT2D eigenvalue weighted by atomic mass is 9.63. The summed E-state index contributed by atoms with van der Waals surface area (Å²) in [7, 11) is 9.24. The van der Waals surface area contributed by atoms with Crippen LogP contribution in [0.1, 0.15) is 35.7 Å². The molecule has 0 unspecified atom stereocenters. The first-order chi connectivity index (χ1) is 22.3. The molecular weight excluding hydrogens is 592 g/mol. The van der Waals surface area contributed by atoms with E-state index in [9.17, 15) is 9.59 Å². The molecule has 1 aromatic heterocycles. The first-order valence-corrected chi connectivity index (χ1v) is 15.6. The topological polar surface area (TPSA) is 118 Å². The van der Waals surface area contributed by atoms with E-state index in [-0.39, 0.29) is 23.8 Å². The quantitative estimate of drug-likeness (QED) is 0.265. The number of fused-ring (bicyclic) bond motifs is 6. The van der Waals surface area contributed by atoms with Gasteiger partial charge in [0.05, 0.1) is 47.5 Å². The summed E-state index contributed by atoms with van der Waals surface area (Å²) in [6.07, 6.45) is 4.01. The van der Waals surface area contributed by atoms with Crippen molar-refractivity contribution in [1.82, 2.24) is 9.88 Å². The Morgan fingerprint density at radius 2 is 1.70 bits per heavy atom. The number of rotatable bonds is 9. The van der Waals surface area contributed by atoms with Gasteiger partial charge in [0.25, 0.3) is 0 Å². The molecule has 3 aliphatic rings. The minimum absolute atomic E-state index is 0.00438. The van der Waals surface area contributed by atoms with E-state index < -0.39 is 24.1 Å². The van der Waals surface area contributed by atoms with Gasteiger partial charge < -0.3 is 38.1 Å². The van der Waals surface area contributed by atoms with E-state index in [0.717, 1.165) is 37.2 Å². The number of aromatic nitrogens is 1. The molecule has 3 heterocycles. The third kappa shape index (κ3) is 5.66. The van der Waals surface area contributed by atoms with Crippen LogP contribution in [0.5, 0.6) is 23.0 Å². The monoisotopic (exact) mass is 634 g/mol. The molecule has 1 aliphatic carbocycles. The third-order valence-electron chi connectivity index (χ3n) is 9.97. The number of esters is 2. The van der Waals surface area contributed by atoms with Crippen molar-refractivity contribution < 1.29 is 42.7 Å². The zero-order valence-electron chi connectivity index (χ0n) is 27.2. The fourth-order valence-corrected chi connectivity index (χ4v) is 7.91. The van der Waals surface area contributed by atoms with Gasteiger partial charge in [-0.25, -0.2) is 4.79 Å². The number of benzene rings is 2. The molecular formula is C35H42N2O9. The van der Waals surface area contributed by atoms with E-state index in [4.69, 9.17) is 33.2 Å². The summed E-state index contributed by atoms with van der Waals surface area (Å²) in [5.74, 6) is 0.873. The average Bonchev–Trinajstić information content (AvgIpc) is 3.46. The summed E-state index contributed by atoms with van der Waals surface area (Å²) in [5.41, 5.74) is 4.26. The molecule has 1 N–H and O–H groups in total. The lowest BCUT2D eigenvalue weighted by molar-refractivity contribution is -0.187. The SMILES string of the molecule is COC(=O)[C@@H]1[C@@H]2C[C@@H]3c4[nH]c5cc(OC)ccc5c4CCN3C[C@H]2C[C@H](OC(=O)/C=C\c2cc(OC)c(OC)c(OC)c2)[C@@H]1OC. The van der Waals surface area contributed by atoms with E-state index in [2.05, 4.69) is 16.0 Å². The second-order valence-electron chi connectivity index (χ2n) is 12.1. The van der Waals surface area contributed by atoms with Gasteiger partial charge >= 0.3 is 11.9 Å². The molecule has 3 aromatic rings. The summed E-state index contributed by atoms with van der Waals surface area (Å²) < 4.78 is 39.0. The van der Waals surface area contributed by atoms with Crippen LogP contribution < -0.4 is 18.9 Å². The van der Waals surface area contributed by atoms with E-state index in [0.29, 0.717) is 29.2 Å². The average molecular weight is 635 g/mol. The molecule has 0 spiro atoms. The van der Waals surface area contributed by atoms with E-state index >= 15 is 0 Å². The maximum atomic E-state index is 13.4. The molecule has 46 heavy (non-hydrogen) atoms. The van der Waals surface area contributed by atoms with E-state index in [1.165, 1.54) is 51.2 Å². The summed E-state index contributed by atoms with van der Waals surface area (Å²) in [5, 5.41) is 1.21. The Balaban J connectivity index is 1.23. The summed E-state index contributed by atoms with van der Waals surface area (Å²) in [4.78, 5) is 32.8. The predicted molar refractivity (Wildman–Crippen MR) is 170 cm³/mol. The number of nitrogens with zero attached hydrogens (tertiary/aromatic N) is 1. The van der Waals surface area contributed by atoms with Gasteiger partial charge in [-0.15, -0.1) is 0 Å². The highest BCUT2D eigenvalue weighted by molar-refractivity contribution is 5.88. The largest absolute Gasteiger partial charge is 0.497 e. The highest BCUT2D eigenvalue weighted by Gasteiger charge is 2.54. The van der Waals surface area contributed by atoms with Crippen molar-refractivity contribution in [3.8, 4) is 23.0 Å². The van der Waals surface area contributed by atoms with Crippen molar-refractivity contribution in [2.24, 2.45) is 17.8 Å². The lowest BCUT2D eigenvalue weighted by Crippen LogP contribution is -2.58. The number of ether oxygens (including phenoxy) is 7. The standard InChI is InChI=1S/C35H42N2O9/c1-40-21-8-9-22-23-11-12-37-18-20-15-29(46-30(38)10-7-19-13-27(41-2)33(43-4)28(14-19)42-3)34(44-5)31(35(39)45-6)24(20)17-26(37)32(23)36-25(22)16-21/h7-10,13-14,16,20,24,26,29,31,34,36H,11-12,15,17-18H2,1-6H3/b10-7-/t20-,24-,26-,29+,31-,34+/m1/s1. The maximum absolute atomic E-state index is 13.4. The third-order valence-corrected chi connectivity index (χ3v) is 9.97. The van der Waals surface area contributed by atoms with Gasteiger partial charge in [-0.3, -0.25) is 9.69 Å². The number of nitrogens with one attached hydrogen (secondary N) is 1. The van der Waals surface area contributed by atoms with Gasteiger partial charge in [0, 0.05) is 48.9 Å². The van der Waals surface area contributed by atoms with Gasteiger partial charge in [-0.05, 0) is 72.6 Å². The highest BCUT2D eigenvalue weighted by atomic mass is 16.6. The maximum Gasteiger partial charge on any atom is 0.331 e. The molecule has 11 heteroatoms. The van der Waals surface area contributed by atoms with Gasteiger partial charge in [0.2, 0.25) is 5.75 Å². The Labute approximate surface area is 268 Å². The lowest BCUT2D eigenvalue weighted by Gasteiger charge is -2.52. The van der Waals surface area contributed by atoms with Crippen LogP contribution in [0.3, 0.4) is 0 Å². The molecule has 1 saturated heterocycles. The number of hydrogen-bond donors (Lipinski definition) is 1. The number of carbonyl (C=O) groups excluding carboxylic acids is 2. The van der Waals surface area contributed by atoms with Crippen LogP contribution in [0, 0.1) is 17.8 Å². The van der Waals surface area contributed by atoms with Gasteiger partial charge in [-0.1, -0.05) is 0 Å². The van der Waals surface area contributed by atoms with Gasteiger partial charge in [0.1, 0.15) is 18.0 Å². The highest BCUT2D eigenvalue weighted by Crippen LogP contribution is 2.50. The van der Waals surface area contributed by atoms with Crippen LogP contribution in [0.25, 0.3) is 17.0 Å². The fraction of sp³-hybridized carbons (Fsp3) is 0.486. The Morgan fingerprint density at radius 3 is 2.35 bits per heavy atom. The zero-order chi connectivity index (χ0) is 32.5. The second kappa shape index (κ2) is 13.3. The van der Waals surface area contributed by atoms with E-state index in [1.807, 2.05) is 12.1 Å². The molecule has 1 saturated carbocycles. The Hall–Kier alpha value is -4.22. The second-order valence-corrected chi connectivity index (χ2v) is 12.1. The fourth-order valence-electron chi connectivity index (χ4n) is 7.91. The Kier molecular flexibility index (Phi) is 9.15. The van der Waals surface area contributed by atoms with Crippen molar-refractivity contribution >= 4 is 28.9 Å². The van der Waals surface area contributed by atoms with Crippen molar-refractivity contribution in [2.45, 2.75) is 37.5 Å². The van der Waals surface area contributed by atoms with Crippen molar-refractivity contribution in [1.29, 1.82) is 0 Å². The number of carbonyl (C=O) groups is 2. The predicted octanol–water partition coefficient (Wildman–Crippen LogP) is 4.57. The minimum Gasteiger partial charge on any atom is -0.497 e. The molecule has 0 radical (unpaired) electrons. The number of piperidine rings is 1. The molecule has 0 amide bonds. The Morgan fingerprint density at radius 1 is 0.935 bits per heavy atom. The molecule has 2 aromatic carbocycles. The summed E-state index contributed by atoms with van der Waals surface area (Å²) >= 11 is 0. The smallest absolute Gasteiger partial charge is 0.331 e. The molecule has 0 bridgehead atoms. The molecule has 2 fully saturated rings. The van der Waals surface area contributed by atoms with Crippen LogP contribution in [0.2, 0.25) is 0 Å². The molecule has 6 rings (SSSR count). The van der Waals surface area contributed by atoms with Gasteiger partial charge in [0.15, 0.2) is 11.5 Å². The first-order valence-electron chi connectivity index (χ1n) is 15.6. The normalized spacial score (nSPS) is 25.7. The van der Waals surface area contributed by atoms with Crippen molar-refractivity contribution in [3.05, 3.63) is 53.2 Å². The molecule has 11 nitrogen and oxygen atoms in total. The van der Waals surface area contributed by atoms with Crippen molar-refractivity contribution in [3.63, 3.8) is 0 Å². The van der Waals surface area contributed by atoms with Crippen LogP contribution in [-0.4, -0.2) is 89.8 Å². The van der Waals surface area contributed by atoms with Gasteiger partial charge in [-0.2, -0.15) is 0 Å². The zero-order valence-corrected chi connectivity index (χ0v) is 27.2. The van der Waals surface area contributed by atoms with Crippen molar-refractivity contribution in [2.75, 3.05) is 55.7 Å². The molecule has 2 aliphatic heterocycles. The number of aromatic amines is 1. The number of methoxy groups -OCH3 is 6. The molecule has 246 valence electrons. The van der Waals surface area contributed by atoms with Crippen LogP contribution in [0.4, 0.5) is 0 Å². The van der Waals surface area contributed by atoms with E-state index in [1.54, 1.807) is 32.4 Å².